The second kappa shape index (κ2) is 9.68. The lowest BCUT2D eigenvalue weighted by Crippen LogP contribution is -2.43. The third-order valence-electron chi connectivity index (χ3n) is 4.58. The third-order valence-corrected chi connectivity index (χ3v) is 4.58. The summed E-state index contributed by atoms with van der Waals surface area (Å²) in [5.41, 5.74) is 1.29. The lowest BCUT2D eigenvalue weighted by atomic mass is 9.98. The fourth-order valence-electron chi connectivity index (χ4n) is 3.03. The standard InChI is InChI=1S/C19H30N2O2/c1-21(2)17(13-16-9-5-3-6-10-16)14-20-19(22)15-23-18-11-7-4-8-12-18/h3,5-6,9-10,17-18H,4,7-8,11-15H2,1-2H3,(H,20,22). The van der Waals surface area contributed by atoms with Gasteiger partial charge in [0.15, 0.2) is 0 Å². The highest BCUT2D eigenvalue weighted by molar-refractivity contribution is 5.77. The van der Waals surface area contributed by atoms with Crippen LogP contribution in [-0.4, -0.2) is 50.2 Å². The van der Waals surface area contributed by atoms with Crippen LogP contribution in [0.25, 0.3) is 0 Å². The normalized spacial score (nSPS) is 17.2. The van der Waals surface area contributed by atoms with E-state index in [1.165, 1.54) is 24.8 Å². The van der Waals surface area contributed by atoms with Gasteiger partial charge < -0.3 is 15.0 Å². The summed E-state index contributed by atoms with van der Waals surface area (Å²) < 4.78 is 5.73. The highest BCUT2D eigenvalue weighted by Crippen LogP contribution is 2.19. The van der Waals surface area contributed by atoms with E-state index in [1.807, 2.05) is 6.07 Å². The molecule has 1 aliphatic carbocycles. The summed E-state index contributed by atoms with van der Waals surface area (Å²) in [7, 11) is 4.11. The van der Waals surface area contributed by atoms with Crippen LogP contribution in [0.4, 0.5) is 0 Å². The van der Waals surface area contributed by atoms with Gasteiger partial charge in [-0.3, -0.25) is 4.79 Å². The Morgan fingerprint density at radius 3 is 2.57 bits per heavy atom. The molecule has 1 aromatic rings. The lowest BCUT2D eigenvalue weighted by molar-refractivity contribution is -0.128. The fraction of sp³-hybridized carbons (Fsp3) is 0.632. The Bertz CT molecular complexity index is 456. The number of hydrogen-bond acceptors (Lipinski definition) is 3. The maximum absolute atomic E-state index is 12.0. The molecular formula is C19H30N2O2. The van der Waals surface area contributed by atoms with Crippen LogP contribution in [0.15, 0.2) is 30.3 Å². The van der Waals surface area contributed by atoms with Crippen molar-refractivity contribution in [1.82, 2.24) is 10.2 Å². The second-order valence-corrected chi connectivity index (χ2v) is 6.68. The first-order valence-corrected chi connectivity index (χ1v) is 8.74. The van der Waals surface area contributed by atoms with Crippen molar-refractivity contribution in [2.24, 2.45) is 0 Å². The van der Waals surface area contributed by atoms with Gasteiger partial charge in [-0.25, -0.2) is 0 Å². The van der Waals surface area contributed by atoms with Crippen LogP contribution in [0, 0.1) is 0 Å². The highest BCUT2D eigenvalue weighted by atomic mass is 16.5. The number of hydrogen-bond donors (Lipinski definition) is 1. The van der Waals surface area contributed by atoms with Gasteiger partial charge in [0, 0.05) is 12.6 Å². The molecule has 1 atom stereocenters. The maximum Gasteiger partial charge on any atom is 0.246 e. The van der Waals surface area contributed by atoms with Crippen molar-refractivity contribution >= 4 is 5.91 Å². The Kier molecular flexibility index (Phi) is 7.56. The Balaban J connectivity index is 1.71. The first-order chi connectivity index (χ1) is 11.1. The predicted octanol–water partition coefficient (Wildman–Crippen LogP) is 2.62. The number of carbonyl (C=O) groups is 1. The maximum atomic E-state index is 12.0. The van der Waals surface area contributed by atoms with E-state index in [2.05, 4.69) is 48.6 Å². The number of likely N-dealkylation sites (N-methyl/N-ethyl adjacent to an activating group) is 1. The molecule has 1 saturated carbocycles. The van der Waals surface area contributed by atoms with Crippen molar-refractivity contribution in [3.8, 4) is 0 Å². The van der Waals surface area contributed by atoms with Gasteiger partial charge in [-0.15, -0.1) is 0 Å². The Morgan fingerprint density at radius 2 is 1.91 bits per heavy atom. The number of carbonyl (C=O) groups excluding carboxylic acids is 1. The molecule has 1 fully saturated rings. The van der Waals surface area contributed by atoms with Crippen molar-refractivity contribution in [2.45, 2.75) is 50.7 Å². The molecule has 4 heteroatoms. The minimum absolute atomic E-state index is 0.00418. The van der Waals surface area contributed by atoms with Gasteiger partial charge in [-0.2, -0.15) is 0 Å². The molecular weight excluding hydrogens is 288 g/mol. The highest BCUT2D eigenvalue weighted by Gasteiger charge is 2.17. The van der Waals surface area contributed by atoms with Crippen LogP contribution in [-0.2, 0) is 16.0 Å². The van der Waals surface area contributed by atoms with E-state index in [0.29, 0.717) is 6.54 Å². The number of nitrogens with zero attached hydrogens (tertiary/aromatic N) is 1. The first-order valence-electron chi connectivity index (χ1n) is 8.74. The van der Waals surface area contributed by atoms with Gasteiger partial charge in [0.05, 0.1) is 6.10 Å². The van der Waals surface area contributed by atoms with E-state index >= 15 is 0 Å². The molecule has 1 N–H and O–H groups in total. The Hall–Kier alpha value is -1.39. The molecule has 0 saturated heterocycles. The molecule has 0 heterocycles. The average molecular weight is 318 g/mol. The molecule has 1 unspecified atom stereocenters. The van der Waals surface area contributed by atoms with E-state index in [1.54, 1.807) is 0 Å². The molecule has 0 bridgehead atoms. The van der Waals surface area contributed by atoms with Crippen molar-refractivity contribution in [1.29, 1.82) is 0 Å². The van der Waals surface area contributed by atoms with E-state index < -0.39 is 0 Å². The number of nitrogens with one attached hydrogen (secondary N) is 1. The zero-order valence-corrected chi connectivity index (χ0v) is 14.5. The summed E-state index contributed by atoms with van der Waals surface area (Å²) in [5, 5.41) is 3.02. The van der Waals surface area contributed by atoms with Crippen molar-refractivity contribution < 1.29 is 9.53 Å². The van der Waals surface area contributed by atoms with E-state index in [0.717, 1.165) is 19.3 Å². The molecule has 23 heavy (non-hydrogen) atoms. The molecule has 0 aromatic heterocycles. The molecule has 1 aromatic carbocycles. The molecule has 128 valence electrons. The molecule has 0 radical (unpaired) electrons. The number of amides is 1. The van der Waals surface area contributed by atoms with Crippen LogP contribution in [0.3, 0.4) is 0 Å². The fourth-order valence-corrected chi connectivity index (χ4v) is 3.03. The zero-order chi connectivity index (χ0) is 16.5. The van der Waals surface area contributed by atoms with Gasteiger partial charge in [0.1, 0.15) is 6.61 Å². The summed E-state index contributed by atoms with van der Waals surface area (Å²) in [5.74, 6) is -0.00418. The van der Waals surface area contributed by atoms with Crippen LogP contribution >= 0.6 is 0 Å². The predicted molar refractivity (Wildman–Crippen MR) is 93.5 cm³/mol. The largest absolute Gasteiger partial charge is 0.368 e. The zero-order valence-electron chi connectivity index (χ0n) is 14.5. The minimum Gasteiger partial charge on any atom is -0.368 e. The van der Waals surface area contributed by atoms with Gasteiger partial charge in [-0.1, -0.05) is 49.6 Å². The summed E-state index contributed by atoms with van der Waals surface area (Å²) >= 11 is 0. The second-order valence-electron chi connectivity index (χ2n) is 6.68. The van der Waals surface area contributed by atoms with Crippen molar-refractivity contribution in [3.05, 3.63) is 35.9 Å². The monoisotopic (exact) mass is 318 g/mol. The van der Waals surface area contributed by atoms with Gasteiger partial charge in [0.2, 0.25) is 5.91 Å². The lowest BCUT2D eigenvalue weighted by Gasteiger charge is -2.25. The molecule has 4 nitrogen and oxygen atoms in total. The summed E-state index contributed by atoms with van der Waals surface area (Å²) in [6.45, 7) is 0.838. The average Bonchev–Trinajstić information content (AvgIpc) is 2.58. The summed E-state index contributed by atoms with van der Waals surface area (Å²) in [4.78, 5) is 14.2. The number of benzene rings is 1. The minimum atomic E-state index is -0.00418. The van der Waals surface area contributed by atoms with Gasteiger partial charge in [0.25, 0.3) is 0 Å². The summed E-state index contributed by atoms with van der Waals surface area (Å²) in [6.07, 6.45) is 7.16. The van der Waals surface area contributed by atoms with Crippen LogP contribution in [0.5, 0.6) is 0 Å². The third kappa shape index (κ3) is 6.71. The van der Waals surface area contributed by atoms with Crippen molar-refractivity contribution in [2.75, 3.05) is 27.2 Å². The van der Waals surface area contributed by atoms with E-state index in [4.69, 9.17) is 4.74 Å². The summed E-state index contributed by atoms with van der Waals surface area (Å²) in [6, 6.07) is 10.7. The molecule has 2 rings (SSSR count). The number of rotatable bonds is 8. The topological polar surface area (TPSA) is 41.6 Å². The molecule has 0 aliphatic heterocycles. The van der Waals surface area contributed by atoms with E-state index in [9.17, 15) is 4.79 Å². The van der Waals surface area contributed by atoms with Crippen LogP contribution in [0.1, 0.15) is 37.7 Å². The Labute approximate surface area is 140 Å². The van der Waals surface area contributed by atoms with Gasteiger partial charge in [-0.05, 0) is 38.9 Å². The quantitative estimate of drug-likeness (QED) is 0.801. The molecule has 1 aliphatic rings. The number of ether oxygens (including phenoxy) is 1. The van der Waals surface area contributed by atoms with Gasteiger partial charge >= 0.3 is 0 Å². The molecule has 0 spiro atoms. The van der Waals surface area contributed by atoms with Crippen LogP contribution < -0.4 is 5.32 Å². The Morgan fingerprint density at radius 1 is 1.22 bits per heavy atom. The van der Waals surface area contributed by atoms with E-state index in [-0.39, 0.29) is 24.7 Å². The molecule has 1 amide bonds. The van der Waals surface area contributed by atoms with Crippen LogP contribution in [0.2, 0.25) is 0 Å². The van der Waals surface area contributed by atoms with Crippen molar-refractivity contribution in [3.63, 3.8) is 0 Å². The smallest absolute Gasteiger partial charge is 0.246 e. The SMILES string of the molecule is CN(C)C(CNC(=O)COC1CCCCC1)Cc1ccccc1. The first kappa shape index (κ1) is 18.0.